The fourth-order valence-electron chi connectivity index (χ4n) is 2.43. The summed E-state index contributed by atoms with van der Waals surface area (Å²) in [6, 6.07) is 14.1. The zero-order chi connectivity index (χ0) is 14.7. The molecule has 21 heavy (non-hydrogen) atoms. The molecule has 0 spiro atoms. The molecule has 0 radical (unpaired) electrons. The molecule has 0 aliphatic rings. The highest BCUT2D eigenvalue weighted by molar-refractivity contribution is 6.05. The topological polar surface area (TPSA) is 34.4 Å². The maximum atomic E-state index is 5.81. The van der Waals surface area contributed by atoms with Gasteiger partial charge >= 0.3 is 0 Å². The highest BCUT2D eigenvalue weighted by atomic mass is 16.5. The molecule has 2 aromatic carbocycles. The highest BCUT2D eigenvalue weighted by Gasteiger charge is 2.07. The highest BCUT2D eigenvalue weighted by Crippen LogP contribution is 2.31. The van der Waals surface area contributed by atoms with Gasteiger partial charge < -0.3 is 14.5 Å². The van der Waals surface area contributed by atoms with Gasteiger partial charge in [-0.25, -0.2) is 0 Å². The van der Waals surface area contributed by atoms with Gasteiger partial charge in [-0.2, -0.15) is 0 Å². The van der Waals surface area contributed by atoms with Crippen LogP contribution >= 0.6 is 0 Å². The largest absolute Gasteiger partial charge is 0.492 e. The molecule has 1 aromatic heterocycles. The van der Waals surface area contributed by atoms with Gasteiger partial charge in [-0.1, -0.05) is 32.0 Å². The van der Waals surface area contributed by atoms with Crippen molar-refractivity contribution in [2.24, 2.45) is 5.92 Å². The fraction of sp³-hybridized carbons (Fsp3) is 0.333. The number of hydrogen-bond acceptors (Lipinski definition) is 3. The number of rotatable bonds is 6. The van der Waals surface area contributed by atoms with Crippen LogP contribution < -0.4 is 10.1 Å². The van der Waals surface area contributed by atoms with E-state index < -0.39 is 0 Å². The molecule has 1 N–H and O–H groups in total. The second-order valence-corrected chi connectivity index (χ2v) is 5.70. The second-order valence-electron chi connectivity index (χ2n) is 5.70. The molecule has 3 nitrogen and oxygen atoms in total. The molecule has 3 aromatic rings. The summed E-state index contributed by atoms with van der Waals surface area (Å²) >= 11 is 0. The van der Waals surface area contributed by atoms with Crippen LogP contribution in [0.2, 0.25) is 0 Å². The molecule has 0 saturated carbocycles. The van der Waals surface area contributed by atoms with Crippen molar-refractivity contribution in [2.45, 2.75) is 13.8 Å². The van der Waals surface area contributed by atoms with E-state index in [4.69, 9.17) is 9.15 Å². The van der Waals surface area contributed by atoms with Gasteiger partial charge in [-0.05, 0) is 36.7 Å². The number of nitrogens with one attached hydrogen (secondary N) is 1. The number of para-hydroxylation sites is 1. The van der Waals surface area contributed by atoms with E-state index in [9.17, 15) is 0 Å². The lowest BCUT2D eigenvalue weighted by molar-refractivity contribution is 0.311. The molecule has 110 valence electrons. The summed E-state index contributed by atoms with van der Waals surface area (Å²) in [4.78, 5) is 0. The average molecular weight is 283 g/mol. The lowest BCUT2D eigenvalue weighted by Crippen LogP contribution is -2.24. The predicted molar refractivity (Wildman–Crippen MR) is 86.9 cm³/mol. The van der Waals surface area contributed by atoms with Gasteiger partial charge in [-0.3, -0.25) is 0 Å². The predicted octanol–water partition coefficient (Wildman–Crippen LogP) is 4.21. The van der Waals surface area contributed by atoms with Crippen LogP contribution in [0.1, 0.15) is 13.8 Å². The quantitative estimate of drug-likeness (QED) is 0.688. The van der Waals surface area contributed by atoms with Crippen molar-refractivity contribution in [2.75, 3.05) is 19.7 Å². The summed E-state index contributed by atoms with van der Waals surface area (Å²) in [7, 11) is 0. The fourth-order valence-corrected chi connectivity index (χ4v) is 2.43. The summed E-state index contributed by atoms with van der Waals surface area (Å²) in [6.45, 7) is 6.96. The third-order valence-electron chi connectivity index (χ3n) is 3.45. The first kappa shape index (κ1) is 14.0. The molecule has 0 bridgehead atoms. The Labute approximate surface area is 124 Å². The lowest BCUT2D eigenvalue weighted by atomic mass is 10.1. The van der Waals surface area contributed by atoms with Crippen molar-refractivity contribution in [1.82, 2.24) is 5.32 Å². The summed E-state index contributed by atoms with van der Waals surface area (Å²) in [6.07, 6.45) is 0. The van der Waals surface area contributed by atoms with Crippen molar-refractivity contribution in [1.29, 1.82) is 0 Å². The van der Waals surface area contributed by atoms with Crippen LogP contribution in [0.5, 0.6) is 5.75 Å². The van der Waals surface area contributed by atoms with E-state index in [2.05, 4.69) is 31.3 Å². The van der Waals surface area contributed by atoms with Crippen molar-refractivity contribution >= 4 is 21.9 Å². The summed E-state index contributed by atoms with van der Waals surface area (Å²) < 4.78 is 11.6. The van der Waals surface area contributed by atoms with E-state index in [0.717, 1.165) is 40.8 Å². The molecule has 0 fully saturated rings. The van der Waals surface area contributed by atoms with Gasteiger partial charge in [-0.15, -0.1) is 0 Å². The minimum Gasteiger partial charge on any atom is -0.492 e. The molecule has 0 saturated heterocycles. The van der Waals surface area contributed by atoms with Crippen LogP contribution in [0.3, 0.4) is 0 Å². The number of furan rings is 1. The van der Waals surface area contributed by atoms with E-state index in [1.165, 1.54) is 0 Å². The summed E-state index contributed by atoms with van der Waals surface area (Å²) in [5, 5.41) is 5.62. The lowest BCUT2D eigenvalue weighted by Gasteiger charge is -2.09. The molecule has 0 aliphatic carbocycles. The van der Waals surface area contributed by atoms with Crippen molar-refractivity contribution in [3.8, 4) is 5.75 Å². The average Bonchev–Trinajstić information content (AvgIpc) is 2.84. The van der Waals surface area contributed by atoms with E-state index in [0.29, 0.717) is 12.5 Å². The Balaban J connectivity index is 1.70. The second kappa shape index (κ2) is 6.19. The number of fused-ring (bicyclic) bond motifs is 3. The van der Waals surface area contributed by atoms with Crippen LogP contribution in [-0.2, 0) is 0 Å². The Kier molecular flexibility index (Phi) is 4.11. The first-order valence-corrected chi connectivity index (χ1v) is 7.49. The number of hydrogen-bond donors (Lipinski definition) is 1. The maximum absolute atomic E-state index is 5.81. The van der Waals surface area contributed by atoms with Gasteiger partial charge in [0, 0.05) is 17.3 Å². The molecule has 3 rings (SSSR count). The molecule has 1 heterocycles. The van der Waals surface area contributed by atoms with E-state index >= 15 is 0 Å². The Morgan fingerprint density at radius 3 is 2.71 bits per heavy atom. The van der Waals surface area contributed by atoms with Gasteiger partial charge in [0.25, 0.3) is 0 Å². The molecule has 0 atom stereocenters. The van der Waals surface area contributed by atoms with Gasteiger partial charge in [0.15, 0.2) is 0 Å². The van der Waals surface area contributed by atoms with Crippen LogP contribution in [0.25, 0.3) is 21.9 Å². The van der Waals surface area contributed by atoms with Gasteiger partial charge in [0.1, 0.15) is 23.5 Å². The zero-order valence-corrected chi connectivity index (χ0v) is 12.6. The van der Waals surface area contributed by atoms with Crippen molar-refractivity contribution < 1.29 is 9.15 Å². The summed E-state index contributed by atoms with van der Waals surface area (Å²) in [5.41, 5.74) is 1.82. The molecule has 3 heteroatoms. The van der Waals surface area contributed by atoms with Crippen molar-refractivity contribution in [3.05, 3.63) is 42.5 Å². The minimum absolute atomic E-state index is 0.665. The normalized spacial score (nSPS) is 11.6. The smallest absolute Gasteiger partial charge is 0.135 e. The molecular formula is C18H21NO2. The Hall–Kier alpha value is -2.00. The standard InChI is InChI=1S/C18H21NO2/c1-13(2)12-19-9-10-20-14-7-8-18-16(11-14)15-5-3-4-6-17(15)21-18/h3-8,11,13,19H,9-10,12H2,1-2H3. The third kappa shape index (κ3) is 3.19. The maximum Gasteiger partial charge on any atom is 0.135 e. The third-order valence-corrected chi connectivity index (χ3v) is 3.45. The van der Waals surface area contributed by atoms with Crippen LogP contribution in [-0.4, -0.2) is 19.7 Å². The Morgan fingerprint density at radius 2 is 1.86 bits per heavy atom. The first-order valence-electron chi connectivity index (χ1n) is 7.49. The summed E-state index contributed by atoms with van der Waals surface area (Å²) in [5.74, 6) is 1.55. The molecule has 0 amide bonds. The Bertz CT molecular complexity index is 730. The molecule has 0 unspecified atom stereocenters. The van der Waals surface area contributed by atoms with E-state index in [1.54, 1.807) is 0 Å². The number of ether oxygens (including phenoxy) is 1. The Morgan fingerprint density at radius 1 is 1.05 bits per heavy atom. The minimum atomic E-state index is 0.665. The SMILES string of the molecule is CC(C)CNCCOc1ccc2oc3ccccc3c2c1. The van der Waals surface area contributed by atoms with Crippen molar-refractivity contribution in [3.63, 3.8) is 0 Å². The van der Waals surface area contributed by atoms with E-state index in [1.807, 2.05) is 30.3 Å². The molecular weight excluding hydrogens is 262 g/mol. The van der Waals surface area contributed by atoms with Gasteiger partial charge in [0.05, 0.1) is 0 Å². The van der Waals surface area contributed by atoms with Crippen LogP contribution in [0, 0.1) is 5.92 Å². The van der Waals surface area contributed by atoms with Crippen LogP contribution in [0.15, 0.2) is 46.9 Å². The zero-order valence-electron chi connectivity index (χ0n) is 12.6. The van der Waals surface area contributed by atoms with E-state index in [-0.39, 0.29) is 0 Å². The van der Waals surface area contributed by atoms with Gasteiger partial charge in [0.2, 0.25) is 0 Å². The monoisotopic (exact) mass is 283 g/mol. The molecule has 0 aliphatic heterocycles. The van der Waals surface area contributed by atoms with Crippen LogP contribution in [0.4, 0.5) is 0 Å². The number of benzene rings is 2. The first-order chi connectivity index (χ1) is 10.2.